The van der Waals surface area contributed by atoms with Crippen molar-refractivity contribution in [1.82, 2.24) is 5.32 Å². The average Bonchev–Trinajstić information content (AvgIpc) is 3.33. The Labute approximate surface area is 424 Å². The van der Waals surface area contributed by atoms with Gasteiger partial charge in [-0.1, -0.05) is 270 Å². The number of ether oxygens (including phenoxy) is 1. The van der Waals surface area contributed by atoms with E-state index in [0.717, 1.165) is 51.4 Å². The molecule has 3 unspecified atom stereocenters. The van der Waals surface area contributed by atoms with Gasteiger partial charge in [-0.25, -0.2) is 0 Å². The van der Waals surface area contributed by atoms with Gasteiger partial charge in [-0.3, -0.25) is 9.59 Å². The molecule has 0 spiro atoms. The maximum atomic E-state index is 13.3. The predicted octanol–water partition coefficient (Wildman–Crippen LogP) is 19.0. The molecule has 0 fully saturated rings. The van der Waals surface area contributed by atoms with E-state index >= 15 is 0 Å². The predicted molar refractivity (Wildman–Crippen MR) is 296 cm³/mol. The zero-order valence-corrected chi connectivity index (χ0v) is 46.0. The highest BCUT2D eigenvalue weighted by Gasteiger charge is 2.24. The summed E-state index contributed by atoms with van der Waals surface area (Å²) >= 11 is 0. The van der Waals surface area contributed by atoms with Gasteiger partial charge in [0, 0.05) is 6.42 Å². The molecule has 0 saturated carbocycles. The number of rotatable bonds is 56. The van der Waals surface area contributed by atoms with Crippen LogP contribution in [-0.2, 0) is 14.3 Å². The third-order valence-electron chi connectivity index (χ3n) is 14.3. The zero-order chi connectivity index (χ0) is 49.5. The van der Waals surface area contributed by atoms with Gasteiger partial charge in [0.15, 0.2) is 0 Å². The van der Waals surface area contributed by atoms with E-state index in [2.05, 4.69) is 50.4 Å². The number of amides is 1. The third-order valence-corrected chi connectivity index (χ3v) is 14.3. The van der Waals surface area contributed by atoms with Crippen LogP contribution in [0, 0.1) is 0 Å². The van der Waals surface area contributed by atoms with Crippen molar-refractivity contribution in [2.45, 2.75) is 354 Å². The fraction of sp³-hybridized carbons (Fsp3) is 0.903. The van der Waals surface area contributed by atoms with Crippen molar-refractivity contribution in [1.29, 1.82) is 0 Å². The van der Waals surface area contributed by atoms with E-state index in [9.17, 15) is 19.8 Å². The van der Waals surface area contributed by atoms with Gasteiger partial charge >= 0.3 is 5.97 Å². The molecule has 0 saturated heterocycles. The van der Waals surface area contributed by atoms with Crippen LogP contribution in [0.25, 0.3) is 0 Å². The molecule has 0 aromatic rings. The summed E-state index contributed by atoms with van der Waals surface area (Å²) in [4.78, 5) is 26.3. The fourth-order valence-electron chi connectivity index (χ4n) is 9.60. The normalized spacial score (nSPS) is 13.2. The molecular weight excluding hydrogens is 839 g/mol. The summed E-state index contributed by atoms with van der Waals surface area (Å²) in [5.41, 5.74) is 0. The van der Waals surface area contributed by atoms with Crippen LogP contribution < -0.4 is 5.32 Å². The Bertz CT molecular complexity index is 1080. The Kier molecular flexibility index (Phi) is 54.9. The topological polar surface area (TPSA) is 95.9 Å². The molecular formula is C62H119NO5. The standard InChI is InChI=1S/C62H119NO5/c1-4-7-10-13-16-19-22-25-28-30-33-35-38-41-44-47-50-53-58(68-62(67)55-52-49-46-43-40-37-32-27-24-21-18-15-12-9-6-3)56-61(66)63-59(57-64)60(65)54-51-48-45-42-39-36-34-31-29-26-23-20-17-14-11-8-5-2/h21,24-25,28,58-60,64-65H,4-20,22-23,26-27,29-57H2,1-3H3,(H,63,66)/b24-21-,28-25+. The van der Waals surface area contributed by atoms with Gasteiger partial charge < -0.3 is 20.3 Å². The van der Waals surface area contributed by atoms with Crippen LogP contribution in [0.5, 0.6) is 0 Å². The van der Waals surface area contributed by atoms with Gasteiger partial charge in [0.25, 0.3) is 0 Å². The first kappa shape index (κ1) is 66.3. The second-order valence-electron chi connectivity index (χ2n) is 21.1. The van der Waals surface area contributed by atoms with Gasteiger partial charge in [0.05, 0.1) is 25.2 Å². The smallest absolute Gasteiger partial charge is 0.306 e. The SMILES string of the molecule is CCCCCC/C=C\CCCCCCCCCC(=O)OC(CCCCCCCCC/C=C/CCCCCCCC)CC(=O)NC(CO)C(O)CCCCCCCCCCCCCCCCCCC. The van der Waals surface area contributed by atoms with Crippen LogP contribution in [0.4, 0.5) is 0 Å². The molecule has 0 radical (unpaired) electrons. The quantitative estimate of drug-likeness (QED) is 0.0321. The van der Waals surface area contributed by atoms with Crippen molar-refractivity contribution in [2.24, 2.45) is 0 Å². The first-order chi connectivity index (χ1) is 33.5. The molecule has 0 aliphatic rings. The average molecular weight is 959 g/mol. The van der Waals surface area contributed by atoms with Gasteiger partial charge in [0.1, 0.15) is 6.10 Å². The summed E-state index contributed by atoms with van der Waals surface area (Å²) in [5.74, 6) is -0.463. The highest BCUT2D eigenvalue weighted by molar-refractivity contribution is 5.77. The number of hydrogen-bond acceptors (Lipinski definition) is 5. The summed E-state index contributed by atoms with van der Waals surface area (Å²) in [5, 5.41) is 24.0. The lowest BCUT2D eigenvalue weighted by Gasteiger charge is -2.24. The van der Waals surface area contributed by atoms with Crippen molar-refractivity contribution >= 4 is 11.9 Å². The molecule has 0 rings (SSSR count). The van der Waals surface area contributed by atoms with E-state index in [4.69, 9.17) is 4.74 Å². The minimum absolute atomic E-state index is 0.0779. The molecule has 0 aliphatic heterocycles. The Morgan fingerprint density at radius 1 is 0.412 bits per heavy atom. The van der Waals surface area contributed by atoms with Crippen molar-refractivity contribution in [3.8, 4) is 0 Å². The summed E-state index contributed by atoms with van der Waals surface area (Å²) in [6.07, 6.45) is 66.7. The Morgan fingerprint density at radius 2 is 0.706 bits per heavy atom. The number of allylic oxidation sites excluding steroid dienone is 4. The van der Waals surface area contributed by atoms with Crippen LogP contribution >= 0.6 is 0 Å². The lowest BCUT2D eigenvalue weighted by molar-refractivity contribution is -0.151. The molecule has 0 aromatic carbocycles. The van der Waals surface area contributed by atoms with Crippen LogP contribution in [-0.4, -0.2) is 46.9 Å². The van der Waals surface area contributed by atoms with E-state index in [0.29, 0.717) is 19.3 Å². The molecule has 3 atom stereocenters. The summed E-state index contributed by atoms with van der Waals surface area (Å²) in [7, 11) is 0. The van der Waals surface area contributed by atoms with Crippen molar-refractivity contribution in [3.05, 3.63) is 24.3 Å². The van der Waals surface area contributed by atoms with Crippen LogP contribution in [0.1, 0.15) is 335 Å². The summed E-state index contributed by atoms with van der Waals surface area (Å²) in [6.45, 7) is 6.51. The maximum absolute atomic E-state index is 13.3. The van der Waals surface area contributed by atoms with Crippen LogP contribution in [0.3, 0.4) is 0 Å². The molecule has 0 aliphatic carbocycles. The highest BCUT2D eigenvalue weighted by Crippen LogP contribution is 2.19. The Balaban J connectivity index is 4.51. The molecule has 0 bridgehead atoms. The molecule has 6 heteroatoms. The largest absolute Gasteiger partial charge is 0.462 e. The Morgan fingerprint density at radius 3 is 1.06 bits per heavy atom. The van der Waals surface area contributed by atoms with E-state index in [-0.39, 0.29) is 24.9 Å². The number of aliphatic hydroxyl groups excluding tert-OH is 2. The minimum atomic E-state index is -0.788. The fourth-order valence-corrected chi connectivity index (χ4v) is 9.60. The van der Waals surface area contributed by atoms with E-state index in [1.165, 1.54) is 238 Å². The van der Waals surface area contributed by atoms with Crippen molar-refractivity contribution in [2.75, 3.05) is 6.61 Å². The molecule has 402 valence electrons. The third kappa shape index (κ3) is 50.7. The second kappa shape index (κ2) is 56.3. The maximum Gasteiger partial charge on any atom is 0.306 e. The number of aliphatic hydroxyl groups is 2. The van der Waals surface area contributed by atoms with Crippen molar-refractivity contribution in [3.63, 3.8) is 0 Å². The molecule has 3 N–H and O–H groups in total. The van der Waals surface area contributed by atoms with Gasteiger partial charge in [0.2, 0.25) is 5.91 Å². The highest BCUT2D eigenvalue weighted by atomic mass is 16.5. The van der Waals surface area contributed by atoms with Crippen LogP contribution in [0.15, 0.2) is 24.3 Å². The van der Waals surface area contributed by atoms with E-state index in [1.807, 2.05) is 0 Å². The second-order valence-corrected chi connectivity index (χ2v) is 21.1. The monoisotopic (exact) mass is 958 g/mol. The number of hydrogen-bond donors (Lipinski definition) is 3. The Hall–Kier alpha value is -1.66. The van der Waals surface area contributed by atoms with Crippen LogP contribution in [0.2, 0.25) is 0 Å². The molecule has 0 aromatic heterocycles. The first-order valence-corrected chi connectivity index (χ1v) is 30.6. The summed E-state index contributed by atoms with van der Waals surface area (Å²) < 4.78 is 5.97. The van der Waals surface area contributed by atoms with Gasteiger partial charge in [-0.15, -0.1) is 0 Å². The van der Waals surface area contributed by atoms with Gasteiger partial charge in [-0.2, -0.15) is 0 Å². The number of carbonyl (C=O) groups excluding carboxylic acids is 2. The van der Waals surface area contributed by atoms with E-state index in [1.54, 1.807) is 0 Å². The molecule has 6 nitrogen and oxygen atoms in total. The number of esters is 1. The molecule has 68 heavy (non-hydrogen) atoms. The van der Waals surface area contributed by atoms with E-state index < -0.39 is 18.2 Å². The zero-order valence-electron chi connectivity index (χ0n) is 46.0. The lowest BCUT2D eigenvalue weighted by atomic mass is 10.0. The number of nitrogens with one attached hydrogen (secondary N) is 1. The summed E-state index contributed by atoms with van der Waals surface area (Å²) in [6, 6.07) is -0.701. The minimum Gasteiger partial charge on any atom is -0.462 e. The molecule has 0 heterocycles. The molecule has 1 amide bonds. The van der Waals surface area contributed by atoms with Crippen molar-refractivity contribution < 1.29 is 24.5 Å². The number of carbonyl (C=O) groups is 2. The first-order valence-electron chi connectivity index (χ1n) is 30.6. The lowest BCUT2D eigenvalue weighted by Crippen LogP contribution is -2.46. The number of unbranched alkanes of at least 4 members (excludes halogenated alkanes) is 40. The van der Waals surface area contributed by atoms with Gasteiger partial charge in [-0.05, 0) is 77.0 Å².